The van der Waals surface area contributed by atoms with Gasteiger partial charge in [0.2, 0.25) is 0 Å². The highest BCUT2D eigenvalue weighted by molar-refractivity contribution is 7.12. The van der Waals surface area contributed by atoms with Crippen LogP contribution >= 0.6 is 11.3 Å². The van der Waals surface area contributed by atoms with E-state index in [-0.39, 0.29) is 11.9 Å². The number of benzene rings is 1. The Balaban J connectivity index is 1.84. The highest BCUT2D eigenvalue weighted by Crippen LogP contribution is 2.34. The lowest BCUT2D eigenvalue weighted by Gasteiger charge is -2.16. The van der Waals surface area contributed by atoms with Crippen LogP contribution in [0.2, 0.25) is 0 Å². The van der Waals surface area contributed by atoms with Gasteiger partial charge in [0.15, 0.2) is 0 Å². The second-order valence-electron chi connectivity index (χ2n) is 5.92. The Morgan fingerprint density at radius 1 is 1.24 bits per heavy atom. The van der Waals surface area contributed by atoms with Crippen LogP contribution in [0.1, 0.15) is 45.3 Å². The highest BCUT2D eigenvalue weighted by atomic mass is 32.1. The number of fused-ring (bicyclic) bond motifs is 1. The standard InChI is InChI=1S/C18H22FNS/c1-12-7-8-15(19)9-14(12)10-16(20-2)18-11-13-5-3-4-6-17(13)21-18/h7-9,11,16,20H,3-6,10H2,1-2H3. The van der Waals surface area contributed by atoms with Crippen molar-refractivity contribution in [2.24, 2.45) is 0 Å². The summed E-state index contributed by atoms with van der Waals surface area (Å²) in [5.41, 5.74) is 3.80. The highest BCUT2D eigenvalue weighted by Gasteiger charge is 2.19. The summed E-state index contributed by atoms with van der Waals surface area (Å²) in [6, 6.07) is 7.73. The third-order valence-electron chi connectivity index (χ3n) is 4.44. The van der Waals surface area contributed by atoms with E-state index >= 15 is 0 Å². The molecule has 1 aromatic heterocycles. The largest absolute Gasteiger partial charge is 0.312 e. The summed E-state index contributed by atoms with van der Waals surface area (Å²) in [5, 5.41) is 3.41. The van der Waals surface area contributed by atoms with Gasteiger partial charge in [-0.15, -0.1) is 11.3 Å². The van der Waals surface area contributed by atoms with Gasteiger partial charge in [-0.1, -0.05) is 6.07 Å². The number of hydrogen-bond donors (Lipinski definition) is 1. The van der Waals surface area contributed by atoms with Crippen molar-refractivity contribution in [2.45, 2.75) is 45.1 Å². The SMILES string of the molecule is CNC(Cc1cc(F)ccc1C)c1cc2c(s1)CCCC2. The van der Waals surface area contributed by atoms with Gasteiger partial charge in [-0.3, -0.25) is 0 Å². The maximum absolute atomic E-state index is 13.5. The van der Waals surface area contributed by atoms with Crippen molar-refractivity contribution in [2.75, 3.05) is 7.05 Å². The molecule has 0 fully saturated rings. The van der Waals surface area contributed by atoms with Gasteiger partial charge in [0.1, 0.15) is 5.82 Å². The van der Waals surface area contributed by atoms with E-state index in [0.29, 0.717) is 0 Å². The fourth-order valence-electron chi connectivity index (χ4n) is 3.11. The first-order valence-corrected chi connectivity index (χ1v) is 8.53. The smallest absolute Gasteiger partial charge is 0.123 e. The van der Waals surface area contributed by atoms with Crippen LogP contribution in [0.25, 0.3) is 0 Å². The molecule has 0 radical (unpaired) electrons. The van der Waals surface area contributed by atoms with Crippen molar-refractivity contribution >= 4 is 11.3 Å². The fraction of sp³-hybridized carbons (Fsp3) is 0.444. The Morgan fingerprint density at radius 2 is 2.05 bits per heavy atom. The van der Waals surface area contributed by atoms with Crippen LogP contribution in [-0.4, -0.2) is 7.05 Å². The lowest BCUT2D eigenvalue weighted by atomic mass is 9.97. The molecule has 1 atom stereocenters. The van der Waals surface area contributed by atoms with Crippen molar-refractivity contribution in [3.8, 4) is 0 Å². The molecule has 1 unspecified atom stereocenters. The monoisotopic (exact) mass is 303 g/mol. The van der Waals surface area contributed by atoms with Gasteiger partial charge in [0.25, 0.3) is 0 Å². The summed E-state index contributed by atoms with van der Waals surface area (Å²) in [4.78, 5) is 2.96. The Labute approximate surface area is 130 Å². The molecule has 1 aliphatic rings. The van der Waals surface area contributed by atoms with Crippen molar-refractivity contribution < 1.29 is 4.39 Å². The van der Waals surface area contributed by atoms with Gasteiger partial charge in [-0.25, -0.2) is 4.39 Å². The van der Waals surface area contributed by atoms with Gasteiger partial charge in [-0.05, 0) is 81.0 Å². The van der Waals surface area contributed by atoms with Crippen LogP contribution in [0.5, 0.6) is 0 Å². The molecular weight excluding hydrogens is 281 g/mol. The first kappa shape index (κ1) is 14.7. The molecular formula is C18H22FNS. The number of thiophene rings is 1. The van der Waals surface area contributed by atoms with Gasteiger partial charge in [-0.2, -0.15) is 0 Å². The van der Waals surface area contributed by atoms with E-state index in [4.69, 9.17) is 0 Å². The van der Waals surface area contributed by atoms with E-state index in [1.807, 2.05) is 24.5 Å². The van der Waals surface area contributed by atoms with E-state index in [1.54, 1.807) is 10.9 Å². The molecule has 0 saturated carbocycles. The maximum Gasteiger partial charge on any atom is 0.123 e. The van der Waals surface area contributed by atoms with Crippen molar-refractivity contribution in [3.05, 3.63) is 56.5 Å². The molecule has 1 N–H and O–H groups in total. The molecule has 0 saturated heterocycles. The van der Waals surface area contributed by atoms with Crippen LogP contribution in [0.15, 0.2) is 24.3 Å². The number of halogens is 1. The first-order chi connectivity index (χ1) is 10.2. The molecule has 0 bridgehead atoms. The molecule has 1 nitrogen and oxygen atoms in total. The van der Waals surface area contributed by atoms with Gasteiger partial charge >= 0.3 is 0 Å². The summed E-state index contributed by atoms with van der Waals surface area (Å²) < 4.78 is 13.5. The van der Waals surface area contributed by atoms with E-state index in [9.17, 15) is 4.39 Å². The predicted octanol–water partition coefficient (Wildman–Crippen LogP) is 4.58. The van der Waals surface area contributed by atoms with E-state index in [2.05, 4.69) is 18.3 Å². The van der Waals surface area contributed by atoms with Crippen LogP contribution in [-0.2, 0) is 19.3 Å². The number of aryl methyl sites for hydroxylation is 3. The molecule has 0 spiro atoms. The average Bonchev–Trinajstić information content (AvgIpc) is 2.91. The molecule has 0 amide bonds. The average molecular weight is 303 g/mol. The van der Waals surface area contributed by atoms with E-state index < -0.39 is 0 Å². The van der Waals surface area contributed by atoms with Crippen LogP contribution in [0.3, 0.4) is 0 Å². The molecule has 1 aliphatic carbocycles. The zero-order chi connectivity index (χ0) is 14.8. The Kier molecular flexibility index (Phi) is 4.41. The van der Waals surface area contributed by atoms with Crippen molar-refractivity contribution in [1.82, 2.24) is 5.32 Å². The second-order valence-corrected chi connectivity index (χ2v) is 7.09. The lowest BCUT2D eigenvalue weighted by Crippen LogP contribution is -2.18. The van der Waals surface area contributed by atoms with E-state index in [0.717, 1.165) is 17.5 Å². The minimum absolute atomic E-state index is 0.143. The molecule has 2 aromatic rings. The van der Waals surface area contributed by atoms with E-state index in [1.165, 1.54) is 42.2 Å². The predicted molar refractivity (Wildman–Crippen MR) is 87.6 cm³/mol. The molecule has 3 rings (SSSR count). The van der Waals surface area contributed by atoms with Crippen LogP contribution < -0.4 is 5.32 Å². The van der Waals surface area contributed by atoms with Gasteiger partial charge in [0.05, 0.1) is 0 Å². The first-order valence-electron chi connectivity index (χ1n) is 7.71. The van der Waals surface area contributed by atoms with Crippen LogP contribution in [0.4, 0.5) is 4.39 Å². The number of rotatable bonds is 4. The maximum atomic E-state index is 13.5. The molecule has 21 heavy (non-hydrogen) atoms. The zero-order valence-electron chi connectivity index (χ0n) is 12.7. The topological polar surface area (TPSA) is 12.0 Å². The summed E-state index contributed by atoms with van der Waals surface area (Å²) in [6.07, 6.45) is 5.94. The van der Waals surface area contributed by atoms with Crippen LogP contribution in [0, 0.1) is 12.7 Å². The van der Waals surface area contributed by atoms with Crippen molar-refractivity contribution in [1.29, 1.82) is 0 Å². The minimum atomic E-state index is -0.143. The quantitative estimate of drug-likeness (QED) is 0.872. The minimum Gasteiger partial charge on any atom is -0.312 e. The summed E-state index contributed by atoms with van der Waals surface area (Å²) >= 11 is 1.94. The molecule has 112 valence electrons. The summed E-state index contributed by atoms with van der Waals surface area (Å²) in [5.74, 6) is -0.143. The van der Waals surface area contributed by atoms with Gasteiger partial charge < -0.3 is 5.32 Å². The zero-order valence-corrected chi connectivity index (χ0v) is 13.5. The number of nitrogens with one attached hydrogen (secondary N) is 1. The third-order valence-corrected chi connectivity index (χ3v) is 5.79. The van der Waals surface area contributed by atoms with Crippen molar-refractivity contribution in [3.63, 3.8) is 0 Å². The lowest BCUT2D eigenvalue weighted by molar-refractivity contribution is 0.589. The normalized spacial score (nSPS) is 15.8. The fourth-order valence-corrected chi connectivity index (χ4v) is 4.48. The number of hydrogen-bond acceptors (Lipinski definition) is 2. The third kappa shape index (κ3) is 3.19. The second kappa shape index (κ2) is 6.29. The summed E-state index contributed by atoms with van der Waals surface area (Å²) in [6.45, 7) is 2.06. The molecule has 1 aromatic carbocycles. The molecule has 0 aliphatic heterocycles. The Morgan fingerprint density at radius 3 is 2.81 bits per heavy atom. The molecule has 3 heteroatoms. The molecule has 1 heterocycles. The Hall–Kier alpha value is -1.19. The Bertz CT molecular complexity index is 609. The summed E-state index contributed by atoms with van der Waals surface area (Å²) in [7, 11) is 2.00. The van der Waals surface area contributed by atoms with Gasteiger partial charge in [0, 0.05) is 15.8 Å². The number of likely N-dealkylation sites (N-methyl/N-ethyl adjacent to an activating group) is 1.